The summed E-state index contributed by atoms with van der Waals surface area (Å²) in [5.41, 5.74) is 2.20. The lowest BCUT2D eigenvalue weighted by Crippen LogP contribution is -2.05. The van der Waals surface area contributed by atoms with Gasteiger partial charge in [0.05, 0.1) is 16.4 Å². The van der Waals surface area contributed by atoms with E-state index in [1.54, 1.807) is 18.5 Å². The maximum absolute atomic E-state index is 8.97. The molecule has 0 bridgehead atoms. The van der Waals surface area contributed by atoms with Crippen molar-refractivity contribution in [2.75, 3.05) is 11.9 Å². The number of anilines is 1. The quantitative estimate of drug-likeness (QED) is 0.631. The van der Waals surface area contributed by atoms with Crippen LogP contribution >= 0.6 is 34.8 Å². The zero-order valence-corrected chi connectivity index (χ0v) is 14.8. The van der Waals surface area contributed by atoms with Crippen LogP contribution in [0.3, 0.4) is 0 Å². The predicted molar refractivity (Wildman–Crippen MR) is 95.8 cm³/mol. The first-order chi connectivity index (χ1) is 11.6. The largest absolute Gasteiger partial charge is 0.396 e. The van der Waals surface area contributed by atoms with Gasteiger partial charge >= 0.3 is 0 Å². The SMILES string of the molecule is OCCCn1cnc2c(NCc3ccc(Cl)c(Cl)c3)nc(Cl)nc21. The fourth-order valence-corrected chi connectivity index (χ4v) is 2.77. The van der Waals surface area contributed by atoms with Gasteiger partial charge in [0.25, 0.3) is 0 Å². The van der Waals surface area contributed by atoms with Crippen LogP contribution in [0.1, 0.15) is 12.0 Å². The Bertz CT molecular complexity index is 868. The van der Waals surface area contributed by atoms with E-state index >= 15 is 0 Å². The van der Waals surface area contributed by atoms with Crippen LogP contribution in [0.25, 0.3) is 11.2 Å². The lowest BCUT2D eigenvalue weighted by molar-refractivity contribution is 0.280. The molecule has 24 heavy (non-hydrogen) atoms. The molecule has 9 heteroatoms. The van der Waals surface area contributed by atoms with Gasteiger partial charge in [0.2, 0.25) is 5.28 Å². The van der Waals surface area contributed by atoms with E-state index in [4.69, 9.17) is 39.9 Å². The van der Waals surface area contributed by atoms with Crippen molar-refractivity contribution >= 4 is 51.8 Å². The molecule has 0 amide bonds. The Morgan fingerprint density at radius 1 is 1.12 bits per heavy atom. The lowest BCUT2D eigenvalue weighted by atomic mass is 10.2. The number of benzene rings is 1. The third-order valence-corrected chi connectivity index (χ3v) is 4.35. The Labute approximate surface area is 153 Å². The Kier molecular flexibility index (Phi) is 5.40. The van der Waals surface area contributed by atoms with Crippen molar-refractivity contribution in [3.05, 3.63) is 45.4 Å². The molecule has 6 nitrogen and oxygen atoms in total. The van der Waals surface area contributed by atoms with Crippen molar-refractivity contribution in [1.29, 1.82) is 0 Å². The van der Waals surface area contributed by atoms with E-state index in [0.29, 0.717) is 46.5 Å². The summed E-state index contributed by atoms with van der Waals surface area (Å²) in [6.45, 7) is 1.19. The minimum absolute atomic E-state index is 0.0981. The van der Waals surface area contributed by atoms with Crippen LogP contribution in [0.5, 0.6) is 0 Å². The number of halogens is 3. The molecule has 0 aliphatic heterocycles. The summed E-state index contributed by atoms with van der Waals surface area (Å²) in [4.78, 5) is 12.8. The Hall–Kier alpha value is -1.60. The number of hydrogen-bond acceptors (Lipinski definition) is 5. The molecule has 3 aromatic rings. The molecule has 2 aromatic heterocycles. The third-order valence-electron chi connectivity index (χ3n) is 3.44. The zero-order valence-electron chi connectivity index (χ0n) is 12.5. The normalized spacial score (nSPS) is 11.2. The molecule has 0 spiro atoms. The summed E-state index contributed by atoms with van der Waals surface area (Å²) < 4.78 is 1.84. The van der Waals surface area contributed by atoms with E-state index in [9.17, 15) is 0 Å². The number of nitrogens with one attached hydrogen (secondary N) is 1. The second-order valence-corrected chi connectivity index (χ2v) is 6.28. The number of rotatable bonds is 6. The molecule has 2 heterocycles. The van der Waals surface area contributed by atoms with Crippen molar-refractivity contribution in [3.63, 3.8) is 0 Å². The number of nitrogens with zero attached hydrogens (tertiary/aromatic N) is 4. The van der Waals surface area contributed by atoms with Crippen LogP contribution in [-0.4, -0.2) is 31.2 Å². The zero-order chi connectivity index (χ0) is 17.1. The highest BCUT2D eigenvalue weighted by atomic mass is 35.5. The van der Waals surface area contributed by atoms with Crippen molar-refractivity contribution in [1.82, 2.24) is 19.5 Å². The highest BCUT2D eigenvalue weighted by Crippen LogP contribution is 2.24. The first kappa shape index (κ1) is 17.2. The molecule has 0 fully saturated rings. The number of imidazole rings is 1. The topological polar surface area (TPSA) is 75.9 Å². The van der Waals surface area contributed by atoms with Gasteiger partial charge in [-0.1, -0.05) is 29.3 Å². The van der Waals surface area contributed by atoms with Gasteiger partial charge < -0.3 is 15.0 Å². The minimum Gasteiger partial charge on any atom is -0.396 e. The predicted octanol–water partition coefficient (Wildman–Crippen LogP) is 3.78. The van der Waals surface area contributed by atoms with Crippen molar-refractivity contribution in [3.8, 4) is 0 Å². The molecule has 0 aliphatic rings. The number of aliphatic hydroxyl groups excluding tert-OH is 1. The third kappa shape index (κ3) is 3.72. The van der Waals surface area contributed by atoms with Gasteiger partial charge in [0.15, 0.2) is 17.0 Å². The average molecular weight is 387 g/mol. The highest BCUT2D eigenvalue weighted by molar-refractivity contribution is 6.42. The molecule has 0 aliphatic carbocycles. The van der Waals surface area contributed by atoms with Gasteiger partial charge in [-0.05, 0) is 35.7 Å². The Morgan fingerprint density at radius 2 is 1.96 bits per heavy atom. The van der Waals surface area contributed by atoms with Gasteiger partial charge in [-0.2, -0.15) is 9.97 Å². The fraction of sp³-hybridized carbons (Fsp3) is 0.267. The number of aryl methyl sites for hydroxylation is 1. The first-order valence-corrected chi connectivity index (χ1v) is 8.39. The maximum Gasteiger partial charge on any atom is 0.226 e. The van der Waals surface area contributed by atoms with E-state index in [2.05, 4.69) is 20.3 Å². The van der Waals surface area contributed by atoms with Crippen LogP contribution in [0.15, 0.2) is 24.5 Å². The Morgan fingerprint density at radius 3 is 2.71 bits per heavy atom. The molecule has 0 saturated heterocycles. The second-order valence-electron chi connectivity index (χ2n) is 5.13. The van der Waals surface area contributed by atoms with Gasteiger partial charge in [-0.3, -0.25) is 0 Å². The molecule has 0 radical (unpaired) electrons. The van der Waals surface area contributed by atoms with E-state index < -0.39 is 0 Å². The number of hydrogen-bond donors (Lipinski definition) is 2. The van der Waals surface area contributed by atoms with Gasteiger partial charge in [-0.15, -0.1) is 0 Å². The van der Waals surface area contributed by atoms with Crippen LogP contribution in [0, 0.1) is 0 Å². The summed E-state index contributed by atoms with van der Waals surface area (Å²) in [5, 5.41) is 13.3. The standard InChI is InChI=1S/C15H14Cl3N5O/c16-10-3-2-9(6-11(10)17)7-19-13-12-14(22-15(18)21-13)23(8-20-12)4-1-5-24/h2-3,6,8,24H,1,4-5,7H2,(H,19,21,22). The van der Waals surface area contributed by atoms with Crippen molar-refractivity contribution in [2.24, 2.45) is 0 Å². The molecular weight excluding hydrogens is 373 g/mol. The summed E-state index contributed by atoms with van der Waals surface area (Å²) in [6.07, 6.45) is 2.27. The Balaban J connectivity index is 1.85. The second kappa shape index (κ2) is 7.53. The molecule has 0 unspecified atom stereocenters. The van der Waals surface area contributed by atoms with Gasteiger partial charge in [0.1, 0.15) is 0 Å². The van der Waals surface area contributed by atoms with Crippen LogP contribution in [-0.2, 0) is 13.1 Å². The van der Waals surface area contributed by atoms with E-state index in [1.165, 1.54) is 0 Å². The summed E-state index contributed by atoms with van der Waals surface area (Å²) in [6, 6.07) is 5.41. The maximum atomic E-state index is 8.97. The first-order valence-electron chi connectivity index (χ1n) is 7.25. The van der Waals surface area contributed by atoms with E-state index in [1.807, 2.05) is 10.6 Å². The molecule has 2 N–H and O–H groups in total. The highest BCUT2D eigenvalue weighted by Gasteiger charge is 2.12. The van der Waals surface area contributed by atoms with Crippen molar-refractivity contribution < 1.29 is 5.11 Å². The van der Waals surface area contributed by atoms with Gasteiger partial charge in [-0.25, -0.2) is 4.98 Å². The van der Waals surface area contributed by atoms with Crippen LogP contribution in [0.4, 0.5) is 5.82 Å². The number of fused-ring (bicyclic) bond motifs is 1. The van der Waals surface area contributed by atoms with E-state index in [-0.39, 0.29) is 11.9 Å². The van der Waals surface area contributed by atoms with Crippen molar-refractivity contribution in [2.45, 2.75) is 19.5 Å². The lowest BCUT2D eigenvalue weighted by Gasteiger charge is -2.08. The van der Waals surface area contributed by atoms with Crippen LogP contribution < -0.4 is 5.32 Å². The molecule has 3 rings (SSSR count). The minimum atomic E-state index is 0.0981. The van der Waals surface area contributed by atoms with E-state index in [0.717, 1.165) is 5.56 Å². The average Bonchev–Trinajstić information content (AvgIpc) is 2.96. The summed E-state index contributed by atoms with van der Waals surface area (Å²) in [7, 11) is 0. The molecule has 0 atom stereocenters. The molecule has 0 saturated carbocycles. The number of aromatic nitrogens is 4. The van der Waals surface area contributed by atoms with Crippen LogP contribution in [0.2, 0.25) is 15.3 Å². The molecule has 1 aromatic carbocycles. The smallest absolute Gasteiger partial charge is 0.226 e. The molecule has 126 valence electrons. The monoisotopic (exact) mass is 385 g/mol. The van der Waals surface area contributed by atoms with Gasteiger partial charge in [0, 0.05) is 19.7 Å². The fourth-order valence-electron chi connectivity index (χ4n) is 2.28. The molecular formula is C15H14Cl3N5O. The summed E-state index contributed by atoms with van der Waals surface area (Å²) in [5.74, 6) is 0.541. The summed E-state index contributed by atoms with van der Waals surface area (Å²) >= 11 is 18.0. The number of aliphatic hydroxyl groups is 1.